The van der Waals surface area contributed by atoms with Crippen molar-refractivity contribution in [3.8, 4) is 0 Å². The number of para-hydroxylation sites is 1. The summed E-state index contributed by atoms with van der Waals surface area (Å²) >= 11 is 0. The average molecular weight is 403 g/mol. The van der Waals surface area contributed by atoms with Crippen LogP contribution in [-0.4, -0.2) is 54.6 Å². The normalized spacial score (nSPS) is 15.4. The van der Waals surface area contributed by atoms with Gasteiger partial charge in [0.05, 0.1) is 4.92 Å². The predicted octanol–water partition coefficient (Wildman–Crippen LogP) is 2.36. The number of carbonyl (C=O) groups excluding carboxylic acids is 1. The fourth-order valence-corrected chi connectivity index (χ4v) is 4.90. The summed E-state index contributed by atoms with van der Waals surface area (Å²) in [5.41, 5.74) is 2.09. The Labute approximate surface area is 163 Å². The van der Waals surface area contributed by atoms with E-state index in [4.69, 9.17) is 0 Å². The highest BCUT2D eigenvalue weighted by atomic mass is 32.2. The summed E-state index contributed by atoms with van der Waals surface area (Å²) in [5, 5.41) is 11.2. The van der Waals surface area contributed by atoms with Gasteiger partial charge in [-0.2, -0.15) is 4.31 Å². The molecule has 0 N–H and O–H groups in total. The Morgan fingerprint density at radius 1 is 1.04 bits per heavy atom. The molecule has 9 heteroatoms. The van der Waals surface area contributed by atoms with Crippen molar-refractivity contribution in [2.45, 2.75) is 18.7 Å². The van der Waals surface area contributed by atoms with Gasteiger partial charge in [0.15, 0.2) is 4.90 Å². The molecule has 1 amide bonds. The van der Waals surface area contributed by atoms with Crippen molar-refractivity contribution in [3.63, 3.8) is 0 Å². The minimum atomic E-state index is -4.01. The lowest BCUT2D eigenvalue weighted by molar-refractivity contribution is -0.387. The van der Waals surface area contributed by atoms with Gasteiger partial charge in [-0.1, -0.05) is 29.8 Å². The standard InChI is InChI=1S/C19H21N3O5S/c1-14-7-8-16(15(2)13-14)19(23)20-9-11-21(12-10-20)28(26,27)18-6-4-3-5-17(18)22(24)25/h3-8,13H,9-12H2,1-2H3. The minimum absolute atomic E-state index is 0.0883. The number of aryl methyl sites for hydroxylation is 2. The number of amides is 1. The molecule has 1 saturated heterocycles. The molecule has 28 heavy (non-hydrogen) atoms. The molecule has 0 saturated carbocycles. The van der Waals surface area contributed by atoms with Gasteiger partial charge < -0.3 is 4.90 Å². The molecular formula is C19H21N3O5S. The van der Waals surface area contributed by atoms with Gasteiger partial charge in [0, 0.05) is 37.8 Å². The van der Waals surface area contributed by atoms with Crippen molar-refractivity contribution in [1.29, 1.82) is 0 Å². The molecule has 8 nitrogen and oxygen atoms in total. The average Bonchev–Trinajstić information content (AvgIpc) is 2.67. The van der Waals surface area contributed by atoms with Crippen molar-refractivity contribution in [1.82, 2.24) is 9.21 Å². The Hall–Kier alpha value is -2.78. The first-order chi connectivity index (χ1) is 13.2. The highest BCUT2D eigenvalue weighted by Gasteiger charge is 2.34. The first-order valence-corrected chi connectivity index (χ1v) is 10.3. The zero-order chi connectivity index (χ0) is 20.5. The molecule has 1 aliphatic heterocycles. The Morgan fingerprint density at radius 2 is 1.68 bits per heavy atom. The van der Waals surface area contributed by atoms with Crippen molar-refractivity contribution in [2.24, 2.45) is 0 Å². The summed E-state index contributed by atoms with van der Waals surface area (Å²) in [6, 6.07) is 10.9. The Bertz CT molecular complexity index is 1030. The maximum Gasteiger partial charge on any atom is 0.289 e. The molecule has 148 valence electrons. The van der Waals surface area contributed by atoms with Crippen LogP contribution in [-0.2, 0) is 10.0 Å². The molecule has 0 bridgehead atoms. The van der Waals surface area contributed by atoms with Gasteiger partial charge in [0.25, 0.3) is 11.6 Å². The SMILES string of the molecule is Cc1ccc(C(=O)N2CCN(S(=O)(=O)c3ccccc3[N+](=O)[O-])CC2)c(C)c1. The van der Waals surface area contributed by atoms with E-state index in [0.29, 0.717) is 5.56 Å². The number of rotatable bonds is 4. The highest BCUT2D eigenvalue weighted by Crippen LogP contribution is 2.27. The van der Waals surface area contributed by atoms with Gasteiger partial charge in [-0.05, 0) is 31.5 Å². The molecule has 1 heterocycles. The van der Waals surface area contributed by atoms with Crippen molar-refractivity contribution < 1.29 is 18.1 Å². The number of hydrogen-bond acceptors (Lipinski definition) is 5. The number of sulfonamides is 1. The fourth-order valence-electron chi connectivity index (χ4n) is 3.32. The molecule has 2 aromatic carbocycles. The third-order valence-corrected chi connectivity index (χ3v) is 6.76. The van der Waals surface area contributed by atoms with Crippen LogP contribution in [0.3, 0.4) is 0 Å². The number of nitrogens with zero attached hydrogens (tertiary/aromatic N) is 3. The molecule has 0 spiro atoms. The van der Waals surface area contributed by atoms with E-state index in [1.165, 1.54) is 28.6 Å². The Balaban J connectivity index is 1.76. The van der Waals surface area contributed by atoms with Gasteiger partial charge >= 0.3 is 0 Å². The number of carbonyl (C=O) groups is 1. The second-order valence-corrected chi connectivity index (χ2v) is 8.65. The topological polar surface area (TPSA) is 101 Å². The van der Waals surface area contributed by atoms with Gasteiger partial charge in [-0.3, -0.25) is 14.9 Å². The van der Waals surface area contributed by atoms with Crippen molar-refractivity contribution >= 4 is 21.6 Å². The molecule has 0 radical (unpaired) electrons. The number of benzene rings is 2. The molecule has 1 aliphatic rings. The van der Waals surface area contributed by atoms with Crippen LogP contribution in [0.5, 0.6) is 0 Å². The predicted molar refractivity (Wildman–Crippen MR) is 104 cm³/mol. The third kappa shape index (κ3) is 3.76. The number of piperazine rings is 1. The van der Waals surface area contributed by atoms with E-state index in [-0.39, 0.29) is 37.0 Å². The van der Waals surface area contributed by atoms with Crippen molar-refractivity contribution in [3.05, 3.63) is 69.3 Å². The quantitative estimate of drug-likeness (QED) is 0.576. The van der Waals surface area contributed by atoms with E-state index in [0.717, 1.165) is 11.1 Å². The van der Waals surface area contributed by atoms with E-state index in [1.807, 2.05) is 26.0 Å². The maximum absolute atomic E-state index is 12.9. The van der Waals surface area contributed by atoms with Gasteiger partial charge in [0.2, 0.25) is 10.0 Å². The maximum atomic E-state index is 12.9. The van der Waals surface area contributed by atoms with E-state index in [9.17, 15) is 23.3 Å². The highest BCUT2D eigenvalue weighted by molar-refractivity contribution is 7.89. The Kier molecular flexibility index (Phi) is 5.48. The molecule has 2 aromatic rings. The minimum Gasteiger partial charge on any atom is -0.336 e. The van der Waals surface area contributed by atoms with Gasteiger partial charge in [-0.25, -0.2) is 8.42 Å². The van der Waals surface area contributed by atoms with Crippen LogP contribution in [0, 0.1) is 24.0 Å². The molecular weight excluding hydrogens is 382 g/mol. The lowest BCUT2D eigenvalue weighted by Crippen LogP contribution is -2.50. The number of hydrogen-bond donors (Lipinski definition) is 0. The molecule has 1 fully saturated rings. The molecule has 3 rings (SSSR count). The summed E-state index contributed by atoms with van der Waals surface area (Å²) in [6.45, 7) is 4.46. The van der Waals surface area contributed by atoms with E-state index >= 15 is 0 Å². The second kappa shape index (κ2) is 7.69. The summed E-state index contributed by atoms with van der Waals surface area (Å²) in [4.78, 5) is 24.5. The smallest absolute Gasteiger partial charge is 0.289 e. The number of nitro benzene ring substituents is 1. The van der Waals surface area contributed by atoms with E-state index in [1.54, 1.807) is 11.0 Å². The van der Waals surface area contributed by atoms with Crippen LogP contribution in [0.4, 0.5) is 5.69 Å². The number of nitro groups is 1. The summed E-state index contributed by atoms with van der Waals surface area (Å²) in [7, 11) is -4.01. The summed E-state index contributed by atoms with van der Waals surface area (Å²) in [5.74, 6) is -0.139. The van der Waals surface area contributed by atoms with Gasteiger partial charge in [0.1, 0.15) is 0 Å². The largest absolute Gasteiger partial charge is 0.336 e. The van der Waals surface area contributed by atoms with Crippen LogP contribution in [0.1, 0.15) is 21.5 Å². The third-order valence-electron chi connectivity index (χ3n) is 4.82. The van der Waals surface area contributed by atoms with E-state index < -0.39 is 20.6 Å². The second-order valence-electron chi connectivity index (χ2n) is 6.74. The fraction of sp³-hybridized carbons (Fsp3) is 0.316. The lowest BCUT2D eigenvalue weighted by atomic mass is 10.0. The van der Waals surface area contributed by atoms with Crippen molar-refractivity contribution in [2.75, 3.05) is 26.2 Å². The lowest BCUT2D eigenvalue weighted by Gasteiger charge is -2.34. The van der Waals surface area contributed by atoms with Crippen LogP contribution >= 0.6 is 0 Å². The monoisotopic (exact) mass is 403 g/mol. The molecule has 0 aliphatic carbocycles. The first-order valence-electron chi connectivity index (χ1n) is 8.82. The van der Waals surface area contributed by atoms with Crippen LogP contribution in [0.2, 0.25) is 0 Å². The van der Waals surface area contributed by atoms with E-state index in [2.05, 4.69) is 0 Å². The van der Waals surface area contributed by atoms with Crippen LogP contribution in [0.15, 0.2) is 47.4 Å². The Morgan fingerprint density at radius 3 is 2.29 bits per heavy atom. The molecule has 0 unspecified atom stereocenters. The van der Waals surface area contributed by atoms with Crippen LogP contribution in [0.25, 0.3) is 0 Å². The molecule has 0 aromatic heterocycles. The van der Waals surface area contributed by atoms with Gasteiger partial charge in [-0.15, -0.1) is 0 Å². The van der Waals surface area contributed by atoms with Crippen LogP contribution < -0.4 is 0 Å². The zero-order valence-electron chi connectivity index (χ0n) is 15.7. The molecule has 0 atom stereocenters. The first kappa shape index (κ1) is 20.0. The zero-order valence-corrected chi connectivity index (χ0v) is 16.5. The summed E-state index contributed by atoms with van der Waals surface area (Å²) in [6.07, 6.45) is 0. The summed E-state index contributed by atoms with van der Waals surface area (Å²) < 4.78 is 26.9.